The Bertz CT molecular complexity index is 730. The second-order valence-electron chi connectivity index (χ2n) is 6.49. The van der Waals surface area contributed by atoms with Gasteiger partial charge >= 0.3 is 6.18 Å². The summed E-state index contributed by atoms with van der Waals surface area (Å²) in [5.74, 6) is -0.0689. The van der Waals surface area contributed by atoms with Crippen molar-refractivity contribution < 1.29 is 18.0 Å². The van der Waals surface area contributed by atoms with Crippen LogP contribution in [0.4, 0.5) is 13.2 Å². The van der Waals surface area contributed by atoms with Gasteiger partial charge in [-0.3, -0.25) is 14.3 Å². The lowest BCUT2D eigenvalue weighted by Crippen LogP contribution is -2.55. The molecule has 0 radical (unpaired) electrons. The van der Waals surface area contributed by atoms with Crippen molar-refractivity contribution in [1.29, 1.82) is 0 Å². The molecule has 2 heterocycles. The number of amides is 1. The molecule has 6 nitrogen and oxygen atoms in total. The Balaban J connectivity index is 1.55. The Morgan fingerprint density at radius 1 is 1.15 bits per heavy atom. The number of alkyl halides is 3. The molecule has 0 N–H and O–H groups in total. The summed E-state index contributed by atoms with van der Waals surface area (Å²) in [7, 11) is 0. The van der Waals surface area contributed by atoms with E-state index < -0.39 is 12.7 Å². The van der Waals surface area contributed by atoms with E-state index in [9.17, 15) is 18.0 Å². The van der Waals surface area contributed by atoms with Crippen LogP contribution in [0.15, 0.2) is 36.9 Å². The molecule has 1 saturated heterocycles. The summed E-state index contributed by atoms with van der Waals surface area (Å²) >= 11 is 0. The maximum atomic E-state index is 12.6. The van der Waals surface area contributed by atoms with E-state index in [-0.39, 0.29) is 24.9 Å². The van der Waals surface area contributed by atoms with Crippen LogP contribution in [0.3, 0.4) is 0 Å². The SMILES string of the molecule is CC1CN(C(=O)Cc2ccc(-n3cnnc3)cc2)CCN1CC(F)(F)F. The first-order valence-corrected chi connectivity index (χ1v) is 8.34. The molecule has 1 unspecified atom stereocenters. The summed E-state index contributed by atoms with van der Waals surface area (Å²) in [4.78, 5) is 15.5. The first-order valence-electron chi connectivity index (χ1n) is 8.34. The normalized spacial score (nSPS) is 18.9. The highest BCUT2D eigenvalue weighted by Gasteiger charge is 2.35. The average molecular weight is 367 g/mol. The van der Waals surface area contributed by atoms with Crippen LogP contribution in [-0.4, -0.2) is 68.9 Å². The van der Waals surface area contributed by atoms with Crippen molar-refractivity contribution >= 4 is 5.91 Å². The van der Waals surface area contributed by atoms with Gasteiger partial charge in [-0.25, -0.2) is 0 Å². The second-order valence-corrected chi connectivity index (χ2v) is 6.49. The predicted molar refractivity (Wildman–Crippen MR) is 88.7 cm³/mol. The number of rotatable bonds is 4. The van der Waals surface area contributed by atoms with Crippen LogP contribution in [0.5, 0.6) is 0 Å². The predicted octanol–water partition coefficient (Wildman–Crippen LogP) is 1.90. The summed E-state index contributed by atoms with van der Waals surface area (Å²) in [6.45, 7) is 1.66. The van der Waals surface area contributed by atoms with E-state index in [0.29, 0.717) is 13.1 Å². The molecule has 9 heteroatoms. The van der Waals surface area contributed by atoms with Crippen LogP contribution >= 0.6 is 0 Å². The Morgan fingerprint density at radius 3 is 2.38 bits per heavy atom. The zero-order chi connectivity index (χ0) is 18.7. The van der Waals surface area contributed by atoms with Gasteiger partial charge in [-0.05, 0) is 24.6 Å². The van der Waals surface area contributed by atoms with Crippen LogP contribution in [0, 0.1) is 0 Å². The second kappa shape index (κ2) is 7.45. The van der Waals surface area contributed by atoms with E-state index in [1.807, 2.05) is 24.3 Å². The molecule has 1 aromatic carbocycles. The van der Waals surface area contributed by atoms with Gasteiger partial charge < -0.3 is 4.90 Å². The highest BCUT2D eigenvalue weighted by atomic mass is 19.4. The van der Waals surface area contributed by atoms with Crippen LogP contribution < -0.4 is 0 Å². The quantitative estimate of drug-likeness (QED) is 0.828. The fourth-order valence-electron chi connectivity index (χ4n) is 3.09. The molecule has 0 saturated carbocycles. The number of carbonyl (C=O) groups excluding carboxylic acids is 1. The molecule has 1 aliphatic rings. The number of carbonyl (C=O) groups is 1. The number of piperazine rings is 1. The molecule has 140 valence electrons. The fourth-order valence-corrected chi connectivity index (χ4v) is 3.09. The zero-order valence-electron chi connectivity index (χ0n) is 14.4. The van der Waals surface area contributed by atoms with E-state index >= 15 is 0 Å². The van der Waals surface area contributed by atoms with Crippen molar-refractivity contribution in [1.82, 2.24) is 24.6 Å². The third kappa shape index (κ3) is 4.60. The van der Waals surface area contributed by atoms with Gasteiger partial charge in [-0.1, -0.05) is 12.1 Å². The van der Waals surface area contributed by atoms with Crippen LogP contribution in [0.25, 0.3) is 5.69 Å². The van der Waals surface area contributed by atoms with Crippen LogP contribution in [0.2, 0.25) is 0 Å². The lowest BCUT2D eigenvalue weighted by atomic mass is 10.1. The summed E-state index contributed by atoms with van der Waals surface area (Å²) in [6.07, 6.45) is -0.814. The molecule has 3 rings (SSSR count). The number of hydrogen-bond acceptors (Lipinski definition) is 4. The minimum atomic E-state index is -4.22. The first-order chi connectivity index (χ1) is 12.3. The molecule has 0 spiro atoms. The smallest absolute Gasteiger partial charge is 0.340 e. The first kappa shape index (κ1) is 18.4. The van der Waals surface area contributed by atoms with Gasteiger partial charge in [0.15, 0.2) is 0 Å². The summed E-state index contributed by atoms with van der Waals surface area (Å²) in [6, 6.07) is 7.14. The molecule has 1 atom stereocenters. The molecule has 1 amide bonds. The number of hydrogen-bond donors (Lipinski definition) is 0. The molecule has 2 aromatic rings. The number of benzene rings is 1. The van der Waals surface area contributed by atoms with Crippen molar-refractivity contribution in [3.63, 3.8) is 0 Å². The van der Waals surface area contributed by atoms with E-state index in [0.717, 1.165) is 11.3 Å². The monoisotopic (exact) mass is 367 g/mol. The highest BCUT2D eigenvalue weighted by molar-refractivity contribution is 5.79. The number of nitrogens with zero attached hydrogens (tertiary/aromatic N) is 5. The summed E-state index contributed by atoms with van der Waals surface area (Å²) in [5.41, 5.74) is 1.75. The van der Waals surface area contributed by atoms with Crippen molar-refractivity contribution in [2.75, 3.05) is 26.2 Å². The minimum Gasteiger partial charge on any atom is -0.340 e. The maximum Gasteiger partial charge on any atom is 0.401 e. The fraction of sp³-hybridized carbons (Fsp3) is 0.471. The van der Waals surface area contributed by atoms with Gasteiger partial charge in [0.2, 0.25) is 5.91 Å². The molecule has 0 aliphatic carbocycles. The van der Waals surface area contributed by atoms with Gasteiger partial charge in [0.25, 0.3) is 0 Å². The lowest BCUT2D eigenvalue weighted by molar-refractivity contribution is -0.157. The summed E-state index contributed by atoms with van der Waals surface area (Å²) < 4.78 is 39.4. The van der Waals surface area contributed by atoms with Crippen molar-refractivity contribution in [2.45, 2.75) is 25.6 Å². The average Bonchev–Trinajstić information content (AvgIpc) is 3.11. The number of halogens is 3. The van der Waals surface area contributed by atoms with E-state index in [4.69, 9.17) is 0 Å². The molecule has 0 bridgehead atoms. The standard InChI is InChI=1S/C17H20F3N5O/c1-13-9-23(6-7-24(13)10-17(18,19)20)16(26)8-14-2-4-15(5-3-14)25-11-21-22-12-25/h2-5,11-13H,6-10H2,1H3. The van der Waals surface area contributed by atoms with Crippen molar-refractivity contribution in [2.24, 2.45) is 0 Å². The highest BCUT2D eigenvalue weighted by Crippen LogP contribution is 2.20. The third-order valence-corrected chi connectivity index (χ3v) is 4.51. The van der Waals surface area contributed by atoms with Crippen molar-refractivity contribution in [3.8, 4) is 5.69 Å². The van der Waals surface area contributed by atoms with Crippen LogP contribution in [0.1, 0.15) is 12.5 Å². The van der Waals surface area contributed by atoms with Gasteiger partial charge in [-0.2, -0.15) is 13.2 Å². The van der Waals surface area contributed by atoms with E-state index in [2.05, 4.69) is 10.2 Å². The van der Waals surface area contributed by atoms with Gasteiger partial charge in [0, 0.05) is 31.4 Å². The van der Waals surface area contributed by atoms with Gasteiger partial charge in [0.1, 0.15) is 12.7 Å². The molecule has 26 heavy (non-hydrogen) atoms. The van der Waals surface area contributed by atoms with Gasteiger partial charge in [0.05, 0.1) is 13.0 Å². The lowest BCUT2D eigenvalue weighted by Gasteiger charge is -2.40. The van der Waals surface area contributed by atoms with E-state index in [1.54, 1.807) is 29.0 Å². The topological polar surface area (TPSA) is 54.3 Å². The maximum absolute atomic E-state index is 12.6. The zero-order valence-corrected chi connectivity index (χ0v) is 14.4. The Hall–Kier alpha value is -2.42. The molecule has 1 aliphatic heterocycles. The summed E-state index contributed by atoms with van der Waals surface area (Å²) in [5, 5.41) is 7.49. The Labute approximate surface area is 149 Å². The largest absolute Gasteiger partial charge is 0.401 e. The minimum absolute atomic E-state index is 0.0689. The number of aromatic nitrogens is 3. The molecule has 1 fully saturated rings. The van der Waals surface area contributed by atoms with Gasteiger partial charge in [-0.15, -0.1) is 10.2 Å². The third-order valence-electron chi connectivity index (χ3n) is 4.51. The Morgan fingerprint density at radius 2 is 1.81 bits per heavy atom. The molecular formula is C17H20F3N5O. The molecular weight excluding hydrogens is 347 g/mol. The van der Waals surface area contributed by atoms with E-state index in [1.165, 1.54) is 4.90 Å². The van der Waals surface area contributed by atoms with Crippen molar-refractivity contribution in [3.05, 3.63) is 42.5 Å². The Kier molecular flexibility index (Phi) is 5.26. The van der Waals surface area contributed by atoms with Crippen LogP contribution in [-0.2, 0) is 11.2 Å². The molecule has 1 aromatic heterocycles.